The van der Waals surface area contributed by atoms with Crippen molar-refractivity contribution >= 4 is 15.9 Å². The number of nitrogens with zero attached hydrogens (tertiary/aromatic N) is 2. The lowest BCUT2D eigenvalue weighted by atomic mass is 10.2. The first kappa shape index (κ1) is 16.0. The first-order valence-electron chi connectivity index (χ1n) is 7.08. The van der Waals surface area contributed by atoms with Gasteiger partial charge < -0.3 is 10.1 Å². The lowest BCUT2D eigenvalue weighted by Crippen LogP contribution is -2.21. The fourth-order valence-corrected chi connectivity index (χ4v) is 2.58. The summed E-state index contributed by atoms with van der Waals surface area (Å²) < 4.78 is 8.43. The maximum Gasteiger partial charge on any atom is 0.124 e. The number of hydrogen-bond acceptors (Lipinski definition) is 3. The smallest absolute Gasteiger partial charge is 0.124 e. The minimum atomic E-state index is 0.470. The second-order valence-electron chi connectivity index (χ2n) is 5.43. The molecule has 0 aliphatic rings. The third-order valence-corrected chi connectivity index (χ3v) is 3.82. The molecule has 0 aliphatic heterocycles. The SMILES string of the molecule is COc1ccc(Br)cc1Cn1cc(CNC(C)C)c(C)n1. The summed E-state index contributed by atoms with van der Waals surface area (Å²) in [7, 11) is 1.69. The van der Waals surface area contributed by atoms with Gasteiger partial charge >= 0.3 is 0 Å². The molecule has 0 radical (unpaired) electrons. The summed E-state index contributed by atoms with van der Waals surface area (Å²) in [5.41, 5.74) is 3.41. The quantitative estimate of drug-likeness (QED) is 0.865. The maximum absolute atomic E-state index is 5.41. The van der Waals surface area contributed by atoms with Gasteiger partial charge in [0, 0.05) is 34.4 Å². The standard InChI is InChI=1S/C16H22BrN3O/c1-11(2)18-8-14-10-20(19-12(14)3)9-13-7-15(17)5-6-16(13)21-4/h5-7,10-11,18H,8-9H2,1-4H3. The lowest BCUT2D eigenvalue weighted by Gasteiger charge is -2.09. The molecule has 114 valence electrons. The fourth-order valence-electron chi connectivity index (χ4n) is 2.17. The van der Waals surface area contributed by atoms with Gasteiger partial charge in [0.05, 0.1) is 19.3 Å². The predicted molar refractivity (Wildman–Crippen MR) is 88.7 cm³/mol. The van der Waals surface area contributed by atoms with Crippen molar-refractivity contribution < 1.29 is 4.74 Å². The number of rotatable bonds is 6. The number of nitrogens with one attached hydrogen (secondary N) is 1. The van der Waals surface area contributed by atoms with Gasteiger partial charge in [-0.2, -0.15) is 5.10 Å². The molecule has 0 amide bonds. The number of aryl methyl sites for hydroxylation is 1. The molecule has 1 heterocycles. The van der Waals surface area contributed by atoms with E-state index in [4.69, 9.17) is 4.74 Å². The van der Waals surface area contributed by atoms with Crippen molar-refractivity contribution in [2.24, 2.45) is 0 Å². The summed E-state index contributed by atoms with van der Waals surface area (Å²) in [6.07, 6.45) is 2.10. The highest BCUT2D eigenvalue weighted by atomic mass is 79.9. The monoisotopic (exact) mass is 351 g/mol. The number of methoxy groups -OCH3 is 1. The summed E-state index contributed by atoms with van der Waals surface area (Å²) in [4.78, 5) is 0. The van der Waals surface area contributed by atoms with Crippen molar-refractivity contribution in [2.45, 2.75) is 39.9 Å². The molecule has 4 nitrogen and oxygen atoms in total. The van der Waals surface area contributed by atoms with Crippen LogP contribution in [0.2, 0.25) is 0 Å². The molecule has 2 aromatic rings. The highest BCUT2D eigenvalue weighted by molar-refractivity contribution is 9.10. The van der Waals surface area contributed by atoms with Gasteiger partial charge in [-0.3, -0.25) is 4.68 Å². The van der Waals surface area contributed by atoms with E-state index in [0.717, 1.165) is 28.0 Å². The van der Waals surface area contributed by atoms with Crippen molar-refractivity contribution in [3.05, 3.63) is 45.7 Å². The molecule has 0 saturated carbocycles. The molecule has 21 heavy (non-hydrogen) atoms. The van der Waals surface area contributed by atoms with Crippen LogP contribution < -0.4 is 10.1 Å². The van der Waals surface area contributed by atoms with Gasteiger partial charge in [0.25, 0.3) is 0 Å². The number of halogens is 1. The Hall–Kier alpha value is -1.33. The van der Waals surface area contributed by atoms with Gasteiger partial charge in [0.15, 0.2) is 0 Å². The van der Waals surface area contributed by atoms with E-state index in [1.54, 1.807) is 7.11 Å². The number of benzene rings is 1. The lowest BCUT2D eigenvalue weighted by molar-refractivity contribution is 0.407. The van der Waals surface area contributed by atoms with Crippen LogP contribution in [0.25, 0.3) is 0 Å². The van der Waals surface area contributed by atoms with Crippen LogP contribution in [0.3, 0.4) is 0 Å². The molecule has 0 unspecified atom stereocenters. The highest BCUT2D eigenvalue weighted by Gasteiger charge is 2.09. The van der Waals surface area contributed by atoms with E-state index in [1.807, 2.05) is 23.7 Å². The number of aromatic nitrogens is 2. The zero-order valence-electron chi connectivity index (χ0n) is 13.0. The second-order valence-corrected chi connectivity index (χ2v) is 6.34. The van der Waals surface area contributed by atoms with Gasteiger partial charge in [-0.1, -0.05) is 29.8 Å². The molecule has 0 atom stereocenters. The molecular formula is C16H22BrN3O. The molecule has 1 aromatic heterocycles. The van der Waals surface area contributed by atoms with Crippen LogP contribution >= 0.6 is 15.9 Å². The summed E-state index contributed by atoms with van der Waals surface area (Å²) in [6, 6.07) is 6.49. The van der Waals surface area contributed by atoms with Gasteiger partial charge in [-0.05, 0) is 25.1 Å². The second kappa shape index (κ2) is 7.09. The molecule has 0 saturated heterocycles. The van der Waals surface area contributed by atoms with E-state index < -0.39 is 0 Å². The summed E-state index contributed by atoms with van der Waals surface area (Å²) in [6.45, 7) is 7.88. The molecule has 0 aliphatic carbocycles. The molecule has 0 spiro atoms. The first-order chi connectivity index (χ1) is 9.99. The van der Waals surface area contributed by atoms with E-state index in [9.17, 15) is 0 Å². The minimum Gasteiger partial charge on any atom is -0.496 e. The Kier molecular flexibility index (Phi) is 5.42. The molecule has 1 aromatic carbocycles. The van der Waals surface area contributed by atoms with E-state index >= 15 is 0 Å². The van der Waals surface area contributed by atoms with Crippen LogP contribution in [0, 0.1) is 6.92 Å². The average molecular weight is 352 g/mol. The first-order valence-corrected chi connectivity index (χ1v) is 7.87. The Balaban J connectivity index is 2.16. The van der Waals surface area contributed by atoms with Crippen LogP contribution in [0.15, 0.2) is 28.9 Å². The van der Waals surface area contributed by atoms with Crippen LogP contribution in [0.4, 0.5) is 0 Å². The summed E-state index contributed by atoms with van der Waals surface area (Å²) in [5.74, 6) is 0.883. The van der Waals surface area contributed by atoms with Crippen molar-refractivity contribution in [1.82, 2.24) is 15.1 Å². The molecular weight excluding hydrogens is 330 g/mol. The van der Waals surface area contributed by atoms with Crippen LogP contribution in [0.1, 0.15) is 30.7 Å². The average Bonchev–Trinajstić information content (AvgIpc) is 2.77. The third kappa shape index (κ3) is 4.32. The van der Waals surface area contributed by atoms with Gasteiger partial charge in [0.1, 0.15) is 5.75 Å². The third-order valence-electron chi connectivity index (χ3n) is 3.32. The Bertz CT molecular complexity index is 608. The molecule has 0 fully saturated rings. The van der Waals surface area contributed by atoms with Crippen molar-refractivity contribution in [2.75, 3.05) is 7.11 Å². The number of ether oxygens (including phenoxy) is 1. The normalized spacial score (nSPS) is 11.1. The van der Waals surface area contributed by atoms with E-state index in [2.05, 4.69) is 52.5 Å². The molecule has 5 heteroatoms. The van der Waals surface area contributed by atoms with E-state index in [-0.39, 0.29) is 0 Å². The van der Waals surface area contributed by atoms with E-state index in [1.165, 1.54) is 5.56 Å². The van der Waals surface area contributed by atoms with Crippen LogP contribution in [-0.2, 0) is 13.1 Å². The summed E-state index contributed by atoms with van der Waals surface area (Å²) >= 11 is 3.50. The molecule has 1 N–H and O–H groups in total. The predicted octanol–water partition coefficient (Wildman–Crippen LogP) is 3.51. The summed E-state index contributed by atoms with van der Waals surface area (Å²) in [5, 5.41) is 8.02. The van der Waals surface area contributed by atoms with E-state index in [0.29, 0.717) is 12.6 Å². The largest absolute Gasteiger partial charge is 0.496 e. The Morgan fingerprint density at radius 2 is 2.10 bits per heavy atom. The van der Waals surface area contributed by atoms with Crippen LogP contribution in [-0.4, -0.2) is 22.9 Å². The van der Waals surface area contributed by atoms with Crippen molar-refractivity contribution in [3.8, 4) is 5.75 Å². The molecule has 0 bridgehead atoms. The van der Waals surface area contributed by atoms with Gasteiger partial charge in [0.2, 0.25) is 0 Å². The Morgan fingerprint density at radius 3 is 2.76 bits per heavy atom. The van der Waals surface area contributed by atoms with Crippen molar-refractivity contribution in [1.29, 1.82) is 0 Å². The Labute approximate surface area is 134 Å². The number of hydrogen-bond donors (Lipinski definition) is 1. The topological polar surface area (TPSA) is 39.1 Å². The maximum atomic E-state index is 5.41. The van der Waals surface area contributed by atoms with Gasteiger partial charge in [-0.15, -0.1) is 0 Å². The minimum absolute atomic E-state index is 0.470. The van der Waals surface area contributed by atoms with Crippen molar-refractivity contribution in [3.63, 3.8) is 0 Å². The zero-order valence-corrected chi connectivity index (χ0v) is 14.6. The highest BCUT2D eigenvalue weighted by Crippen LogP contribution is 2.24. The Morgan fingerprint density at radius 1 is 1.33 bits per heavy atom. The zero-order chi connectivity index (χ0) is 15.4. The fraction of sp³-hybridized carbons (Fsp3) is 0.438. The van der Waals surface area contributed by atoms with Gasteiger partial charge in [-0.25, -0.2) is 0 Å². The molecule has 2 rings (SSSR count). The van der Waals surface area contributed by atoms with Crippen LogP contribution in [0.5, 0.6) is 5.75 Å².